The lowest BCUT2D eigenvalue weighted by Crippen LogP contribution is -1.82. The number of hydrogen-bond acceptors (Lipinski definition) is 4. The van der Waals surface area contributed by atoms with Crippen molar-refractivity contribution < 1.29 is 4.74 Å². The van der Waals surface area contributed by atoms with Crippen LogP contribution in [-0.4, -0.2) is 27.7 Å². The second-order valence-electron chi connectivity index (χ2n) is 4.46. The Morgan fingerprint density at radius 3 is 2.05 bits per heavy atom. The molecule has 0 spiro atoms. The molecule has 5 nitrogen and oxygen atoms in total. The number of rotatable bonds is 4. The Bertz CT molecular complexity index is 716. The van der Waals surface area contributed by atoms with Crippen molar-refractivity contribution in [3.05, 3.63) is 59.7 Å². The van der Waals surface area contributed by atoms with Crippen molar-refractivity contribution >= 4 is 12.2 Å². The Kier molecular flexibility index (Phi) is 3.73. The lowest BCUT2D eigenvalue weighted by molar-refractivity contribution is 0.415. The van der Waals surface area contributed by atoms with Gasteiger partial charge in [-0.2, -0.15) is 5.21 Å². The van der Waals surface area contributed by atoms with Gasteiger partial charge >= 0.3 is 0 Å². The molecule has 0 saturated heterocycles. The molecule has 104 valence electrons. The molecule has 1 aromatic heterocycles. The van der Waals surface area contributed by atoms with E-state index in [0.29, 0.717) is 5.82 Å². The summed E-state index contributed by atoms with van der Waals surface area (Å²) >= 11 is 0. The summed E-state index contributed by atoms with van der Waals surface area (Å²) < 4.78 is 5.14. The number of ether oxygens (including phenoxy) is 1. The summed E-state index contributed by atoms with van der Waals surface area (Å²) in [4.78, 5) is 0. The van der Waals surface area contributed by atoms with Crippen molar-refractivity contribution in [3.63, 3.8) is 0 Å². The minimum atomic E-state index is 0.598. The van der Waals surface area contributed by atoms with Crippen molar-refractivity contribution in [2.75, 3.05) is 7.11 Å². The van der Waals surface area contributed by atoms with E-state index in [1.807, 2.05) is 48.5 Å². The van der Waals surface area contributed by atoms with E-state index in [4.69, 9.17) is 4.74 Å². The van der Waals surface area contributed by atoms with Gasteiger partial charge in [0, 0.05) is 5.56 Å². The maximum atomic E-state index is 5.14. The van der Waals surface area contributed by atoms with Gasteiger partial charge in [0.1, 0.15) is 5.75 Å². The molecule has 3 aromatic rings. The highest BCUT2D eigenvalue weighted by molar-refractivity contribution is 5.71. The largest absolute Gasteiger partial charge is 0.497 e. The standard InChI is InChI=1S/C16H14N4O/c1-21-15-10-6-13(7-11-15)3-2-12-4-8-14(9-5-12)16-17-19-20-18-16/h2-11H,1H3,(H,17,18,19,20)/b3-2+. The lowest BCUT2D eigenvalue weighted by Gasteiger charge is -1.99. The lowest BCUT2D eigenvalue weighted by atomic mass is 10.1. The monoisotopic (exact) mass is 278 g/mol. The summed E-state index contributed by atoms with van der Waals surface area (Å²) in [6.07, 6.45) is 4.12. The van der Waals surface area contributed by atoms with E-state index in [-0.39, 0.29) is 0 Å². The fraction of sp³-hybridized carbons (Fsp3) is 0.0625. The molecule has 3 rings (SSSR count). The van der Waals surface area contributed by atoms with Crippen LogP contribution in [0, 0.1) is 0 Å². The number of H-pyrrole nitrogens is 1. The normalized spacial score (nSPS) is 10.9. The zero-order chi connectivity index (χ0) is 14.5. The van der Waals surface area contributed by atoms with E-state index in [2.05, 4.69) is 32.8 Å². The van der Waals surface area contributed by atoms with E-state index in [0.717, 1.165) is 22.4 Å². The molecule has 1 N–H and O–H groups in total. The topological polar surface area (TPSA) is 63.7 Å². The number of benzene rings is 2. The number of tetrazole rings is 1. The molecular weight excluding hydrogens is 264 g/mol. The molecule has 0 bridgehead atoms. The van der Waals surface area contributed by atoms with Crippen LogP contribution in [0.1, 0.15) is 11.1 Å². The fourth-order valence-corrected chi connectivity index (χ4v) is 1.93. The average molecular weight is 278 g/mol. The molecule has 0 aliphatic heterocycles. The van der Waals surface area contributed by atoms with Gasteiger partial charge in [-0.25, -0.2) is 0 Å². The van der Waals surface area contributed by atoms with Crippen LogP contribution >= 0.6 is 0 Å². The van der Waals surface area contributed by atoms with Crippen LogP contribution in [0.4, 0.5) is 0 Å². The van der Waals surface area contributed by atoms with Crippen molar-refractivity contribution in [1.29, 1.82) is 0 Å². The number of aromatic amines is 1. The third-order valence-electron chi connectivity index (χ3n) is 3.10. The van der Waals surface area contributed by atoms with Crippen LogP contribution in [0.3, 0.4) is 0 Å². The predicted octanol–water partition coefficient (Wildman–Crippen LogP) is 3.05. The Hall–Kier alpha value is -2.95. The highest BCUT2D eigenvalue weighted by atomic mass is 16.5. The summed E-state index contributed by atoms with van der Waals surface area (Å²) in [5, 5.41) is 13.9. The van der Waals surface area contributed by atoms with Gasteiger partial charge in [-0.3, -0.25) is 0 Å². The maximum absolute atomic E-state index is 5.14. The summed E-state index contributed by atoms with van der Waals surface area (Å²) in [5.74, 6) is 1.46. The van der Waals surface area contributed by atoms with E-state index < -0.39 is 0 Å². The summed E-state index contributed by atoms with van der Waals surface area (Å²) in [7, 11) is 1.66. The van der Waals surface area contributed by atoms with Gasteiger partial charge in [0.25, 0.3) is 0 Å². The first-order valence-corrected chi connectivity index (χ1v) is 6.51. The van der Waals surface area contributed by atoms with Gasteiger partial charge in [0.15, 0.2) is 0 Å². The molecule has 0 aliphatic rings. The summed E-state index contributed by atoms with van der Waals surface area (Å²) in [5.41, 5.74) is 3.17. The fourth-order valence-electron chi connectivity index (χ4n) is 1.93. The second-order valence-corrected chi connectivity index (χ2v) is 4.46. The molecule has 0 saturated carbocycles. The Morgan fingerprint density at radius 2 is 1.52 bits per heavy atom. The van der Waals surface area contributed by atoms with Crippen molar-refractivity contribution in [2.45, 2.75) is 0 Å². The van der Waals surface area contributed by atoms with Crippen molar-refractivity contribution in [3.8, 4) is 17.1 Å². The SMILES string of the molecule is COc1ccc(/C=C/c2ccc(-c3nn[nH]n3)cc2)cc1. The van der Waals surface area contributed by atoms with Crippen LogP contribution in [0.25, 0.3) is 23.5 Å². The van der Waals surface area contributed by atoms with Crippen LogP contribution in [0.2, 0.25) is 0 Å². The zero-order valence-corrected chi connectivity index (χ0v) is 11.5. The zero-order valence-electron chi connectivity index (χ0n) is 11.5. The van der Waals surface area contributed by atoms with Gasteiger partial charge in [0.05, 0.1) is 7.11 Å². The first kappa shape index (κ1) is 13.1. The van der Waals surface area contributed by atoms with Gasteiger partial charge in [-0.05, 0) is 28.5 Å². The van der Waals surface area contributed by atoms with Crippen molar-refractivity contribution in [1.82, 2.24) is 20.6 Å². The third kappa shape index (κ3) is 3.14. The number of nitrogens with zero attached hydrogens (tertiary/aromatic N) is 3. The first-order valence-electron chi connectivity index (χ1n) is 6.51. The molecule has 0 amide bonds. The average Bonchev–Trinajstić information content (AvgIpc) is 3.08. The molecule has 0 unspecified atom stereocenters. The molecule has 21 heavy (non-hydrogen) atoms. The smallest absolute Gasteiger partial charge is 0.204 e. The molecule has 2 aromatic carbocycles. The summed E-state index contributed by atoms with van der Waals surface area (Å²) in [6, 6.07) is 15.9. The minimum absolute atomic E-state index is 0.598. The van der Waals surface area contributed by atoms with Crippen LogP contribution in [0.5, 0.6) is 5.75 Å². The summed E-state index contributed by atoms with van der Waals surface area (Å²) in [6.45, 7) is 0. The molecule has 5 heteroatoms. The number of methoxy groups -OCH3 is 1. The highest BCUT2D eigenvalue weighted by Gasteiger charge is 2.01. The van der Waals surface area contributed by atoms with Gasteiger partial charge < -0.3 is 4.74 Å². The van der Waals surface area contributed by atoms with Gasteiger partial charge in [-0.15, -0.1) is 10.2 Å². The maximum Gasteiger partial charge on any atom is 0.204 e. The molecule has 0 aliphatic carbocycles. The van der Waals surface area contributed by atoms with Crippen molar-refractivity contribution in [2.24, 2.45) is 0 Å². The van der Waals surface area contributed by atoms with Gasteiger partial charge in [-0.1, -0.05) is 48.6 Å². The number of nitrogens with one attached hydrogen (secondary N) is 1. The molecule has 1 heterocycles. The Labute approximate surface area is 122 Å². The van der Waals surface area contributed by atoms with Crippen LogP contribution in [-0.2, 0) is 0 Å². The van der Waals surface area contributed by atoms with Crippen LogP contribution < -0.4 is 4.74 Å². The first-order chi connectivity index (χ1) is 10.3. The highest BCUT2D eigenvalue weighted by Crippen LogP contribution is 2.17. The number of aromatic nitrogens is 4. The van der Waals surface area contributed by atoms with E-state index in [1.54, 1.807) is 7.11 Å². The van der Waals surface area contributed by atoms with Crippen LogP contribution in [0.15, 0.2) is 48.5 Å². The molecular formula is C16H14N4O. The molecule has 0 atom stereocenters. The van der Waals surface area contributed by atoms with E-state index in [1.165, 1.54) is 0 Å². The second kappa shape index (κ2) is 6.00. The quantitative estimate of drug-likeness (QED) is 0.745. The molecule has 0 fully saturated rings. The number of hydrogen-bond donors (Lipinski definition) is 1. The Balaban J connectivity index is 1.73. The predicted molar refractivity (Wildman–Crippen MR) is 81.5 cm³/mol. The Morgan fingerprint density at radius 1 is 0.905 bits per heavy atom. The molecule has 0 radical (unpaired) electrons. The minimum Gasteiger partial charge on any atom is -0.497 e. The third-order valence-corrected chi connectivity index (χ3v) is 3.10. The van der Waals surface area contributed by atoms with E-state index in [9.17, 15) is 0 Å². The van der Waals surface area contributed by atoms with Gasteiger partial charge in [0.2, 0.25) is 5.82 Å². The van der Waals surface area contributed by atoms with E-state index >= 15 is 0 Å².